The average Bonchev–Trinajstić information content (AvgIpc) is 2.35. The number of benzene rings is 2. The Bertz CT molecular complexity index is 639. The fraction of sp³-hybridized carbons (Fsp3) is 0.0714. The molecule has 0 radical (unpaired) electrons. The molecule has 3 nitrogen and oxygen atoms in total. The fourth-order valence-corrected chi connectivity index (χ4v) is 1.64. The van der Waals surface area contributed by atoms with Gasteiger partial charge in [0.15, 0.2) is 0 Å². The van der Waals surface area contributed by atoms with E-state index in [4.69, 9.17) is 10.5 Å². The van der Waals surface area contributed by atoms with Crippen LogP contribution in [0.2, 0.25) is 0 Å². The largest absolute Gasteiger partial charge is 0.457 e. The van der Waals surface area contributed by atoms with Crippen LogP contribution in [-0.2, 0) is 11.3 Å². The van der Waals surface area contributed by atoms with Gasteiger partial charge >= 0.3 is 5.97 Å². The van der Waals surface area contributed by atoms with Crippen molar-refractivity contribution in [2.45, 2.75) is 6.61 Å². The first-order valence-electron chi connectivity index (χ1n) is 5.63. The smallest absolute Gasteiger partial charge is 0.340 e. The van der Waals surface area contributed by atoms with Gasteiger partial charge in [-0.3, -0.25) is 0 Å². The molecule has 0 heterocycles. The maximum Gasteiger partial charge on any atom is 0.340 e. The summed E-state index contributed by atoms with van der Waals surface area (Å²) < 4.78 is 43.6. The van der Waals surface area contributed by atoms with Crippen LogP contribution in [0.4, 0.5) is 18.9 Å². The standard InChI is InChI=1S/C14H10F3NO2/c15-9-1-2-12(13(18)6-9)14(19)20-7-8-3-10(16)5-11(17)4-8/h1-6H,7,18H2. The van der Waals surface area contributed by atoms with Gasteiger partial charge in [0.25, 0.3) is 0 Å². The molecule has 0 saturated heterocycles. The van der Waals surface area contributed by atoms with E-state index in [-0.39, 0.29) is 23.4 Å². The molecule has 6 heteroatoms. The molecule has 0 unspecified atom stereocenters. The number of rotatable bonds is 3. The Labute approximate surface area is 112 Å². The van der Waals surface area contributed by atoms with Crippen molar-refractivity contribution in [3.05, 3.63) is 65.0 Å². The van der Waals surface area contributed by atoms with Crippen molar-refractivity contribution in [2.24, 2.45) is 0 Å². The molecule has 2 rings (SSSR count). The number of esters is 1. The number of ether oxygens (including phenoxy) is 1. The molecule has 0 saturated carbocycles. The molecule has 0 spiro atoms. The first-order chi connectivity index (χ1) is 9.45. The third-order valence-corrected chi connectivity index (χ3v) is 2.53. The molecule has 0 bridgehead atoms. The minimum atomic E-state index is -0.799. The van der Waals surface area contributed by atoms with Crippen molar-refractivity contribution in [1.82, 2.24) is 0 Å². The quantitative estimate of drug-likeness (QED) is 0.695. The normalized spacial score (nSPS) is 10.3. The van der Waals surface area contributed by atoms with Crippen LogP contribution in [0.15, 0.2) is 36.4 Å². The molecule has 2 N–H and O–H groups in total. The zero-order valence-corrected chi connectivity index (χ0v) is 10.2. The van der Waals surface area contributed by atoms with E-state index in [0.29, 0.717) is 6.07 Å². The Morgan fingerprint density at radius 1 is 1.00 bits per heavy atom. The highest BCUT2D eigenvalue weighted by Crippen LogP contribution is 2.16. The Morgan fingerprint density at radius 2 is 1.65 bits per heavy atom. The highest BCUT2D eigenvalue weighted by Gasteiger charge is 2.12. The van der Waals surface area contributed by atoms with Gasteiger partial charge in [-0.15, -0.1) is 0 Å². The Morgan fingerprint density at radius 3 is 2.25 bits per heavy atom. The highest BCUT2D eigenvalue weighted by atomic mass is 19.1. The third-order valence-electron chi connectivity index (χ3n) is 2.53. The van der Waals surface area contributed by atoms with E-state index in [0.717, 1.165) is 24.3 Å². The summed E-state index contributed by atoms with van der Waals surface area (Å²) in [6.45, 7) is -0.315. The molecule has 0 atom stereocenters. The predicted octanol–water partition coefficient (Wildman–Crippen LogP) is 3.04. The van der Waals surface area contributed by atoms with E-state index >= 15 is 0 Å². The van der Waals surface area contributed by atoms with Crippen molar-refractivity contribution in [1.29, 1.82) is 0 Å². The van der Waals surface area contributed by atoms with Crippen LogP contribution in [0.1, 0.15) is 15.9 Å². The van der Waals surface area contributed by atoms with Crippen LogP contribution in [0.25, 0.3) is 0 Å². The van der Waals surface area contributed by atoms with Gasteiger partial charge in [0.05, 0.1) is 5.56 Å². The lowest BCUT2D eigenvalue weighted by atomic mass is 10.2. The first kappa shape index (κ1) is 13.9. The number of anilines is 1. The van der Waals surface area contributed by atoms with Crippen LogP contribution in [0.3, 0.4) is 0 Å². The Kier molecular flexibility index (Phi) is 3.93. The molecular weight excluding hydrogens is 271 g/mol. The molecule has 0 aliphatic carbocycles. The van der Waals surface area contributed by atoms with Crippen molar-refractivity contribution < 1.29 is 22.7 Å². The van der Waals surface area contributed by atoms with Crippen LogP contribution >= 0.6 is 0 Å². The second kappa shape index (κ2) is 5.64. The maximum absolute atomic E-state index is 12.9. The number of hydrogen-bond acceptors (Lipinski definition) is 3. The van der Waals surface area contributed by atoms with Gasteiger partial charge in [0.1, 0.15) is 24.1 Å². The van der Waals surface area contributed by atoms with Gasteiger partial charge in [-0.2, -0.15) is 0 Å². The Hall–Kier alpha value is -2.50. The summed E-state index contributed by atoms with van der Waals surface area (Å²) in [6.07, 6.45) is 0. The number of halogens is 3. The zero-order valence-electron chi connectivity index (χ0n) is 10.2. The lowest BCUT2D eigenvalue weighted by Gasteiger charge is -2.07. The van der Waals surface area contributed by atoms with Gasteiger partial charge < -0.3 is 10.5 Å². The van der Waals surface area contributed by atoms with Crippen LogP contribution in [-0.4, -0.2) is 5.97 Å². The number of nitrogens with two attached hydrogens (primary N) is 1. The second-order valence-corrected chi connectivity index (χ2v) is 4.09. The maximum atomic E-state index is 12.9. The van der Waals surface area contributed by atoms with E-state index in [1.54, 1.807) is 0 Å². The lowest BCUT2D eigenvalue weighted by Crippen LogP contribution is -2.08. The van der Waals surface area contributed by atoms with Gasteiger partial charge in [-0.05, 0) is 35.9 Å². The molecule has 20 heavy (non-hydrogen) atoms. The lowest BCUT2D eigenvalue weighted by molar-refractivity contribution is 0.0473. The zero-order chi connectivity index (χ0) is 14.7. The van der Waals surface area contributed by atoms with Crippen molar-refractivity contribution >= 4 is 11.7 Å². The predicted molar refractivity (Wildman–Crippen MR) is 66.3 cm³/mol. The highest BCUT2D eigenvalue weighted by molar-refractivity contribution is 5.94. The number of carbonyl (C=O) groups excluding carboxylic acids is 1. The molecular formula is C14H10F3NO2. The summed E-state index contributed by atoms with van der Waals surface area (Å²) in [5.41, 5.74) is 5.56. The van der Waals surface area contributed by atoms with Crippen molar-refractivity contribution in [3.63, 3.8) is 0 Å². The van der Waals surface area contributed by atoms with E-state index in [1.807, 2.05) is 0 Å². The number of carbonyl (C=O) groups is 1. The monoisotopic (exact) mass is 281 g/mol. The SMILES string of the molecule is Nc1cc(F)ccc1C(=O)OCc1cc(F)cc(F)c1. The molecule has 0 aliphatic heterocycles. The topological polar surface area (TPSA) is 52.3 Å². The minimum absolute atomic E-state index is 0.0109. The molecule has 0 aliphatic rings. The van der Waals surface area contributed by atoms with Crippen molar-refractivity contribution in [3.8, 4) is 0 Å². The van der Waals surface area contributed by atoms with Gasteiger partial charge in [0.2, 0.25) is 0 Å². The minimum Gasteiger partial charge on any atom is -0.457 e. The van der Waals surface area contributed by atoms with Crippen LogP contribution < -0.4 is 5.73 Å². The summed E-state index contributed by atoms with van der Waals surface area (Å²) in [7, 11) is 0. The van der Waals surface area contributed by atoms with E-state index in [1.165, 1.54) is 6.07 Å². The second-order valence-electron chi connectivity index (χ2n) is 4.09. The van der Waals surface area contributed by atoms with Crippen LogP contribution in [0, 0.1) is 17.5 Å². The first-order valence-corrected chi connectivity index (χ1v) is 5.63. The van der Waals surface area contributed by atoms with Gasteiger partial charge in [-0.25, -0.2) is 18.0 Å². The third kappa shape index (κ3) is 3.28. The fourth-order valence-electron chi connectivity index (χ4n) is 1.64. The Balaban J connectivity index is 2.08. The molecule has 104 valence electrons. The molecule has 0 fully saturated rings. The van der Waals surface area contributed by atoms with E-state index < -0.39 is 23.4 Å². The summed E-state index contributed by atoms with van der Waals surface area (Å²) >= 11 is 0. The molecule has 0 amide bonds. The van der Waals surface area contributed by atoms with E-state index in [2.05, 4.69) is 0 Å². The molecule has 2 aromatic rings. The summed E-state index contributed by atoms with van der Waals surface area (Å²) in [5.74, 6) is -2.91. The summed E-state index contributed by atoms with van der Waals surface area (Å²) in [4.78, 5) is 11.7. The molecule has 0 aromatic heterocycles. The average molecular weight is 281 g/mol. The van der Waals surface area contributed by atoms with Gasteiger partial charge in [0, 0.05) is 11.8 Å². The summed E-state index contributed by atoms with van der Waals surface area (Å²) in [5, 5.41) is 0. The van der Waals surface area contributed by atoms with Crippen molar-refractivity contribution in [2.75, 3.05) is 5.73 Å². The number of nitrogen functional groups attached to an aromatic ring is 1. The van der Waals surface area contributed by atoms with Crippen LogP contribution in [0.5, 0.6) is 0 Å². The summed E-state index contributed by atoms with van der Waals surface area (Å²) in [6, 6.07) is 6.03. The molecule has 2 aromatic carbocycles. The van der Waals surface area contributed by atoms with E-state index in [9.17, 15) is 18.0 Å². The van der Waals surface area contributed by atoms with Gasteiger partial charge in [-0.1, -0.05) is 0 Å². The number of hydrogen-bond donors (Lipinski definition) is 1.